The van der Waals surface area contributed by atoms with Gasteiger partial charge in [0.05, 0.1) is 22.3 Å². The fraction of sp³-hybridized carbons (Fsp3) is 0.176. The number of aliphatic imine (C=N–C) groups is 1. The molecular weight excluding hydrogens is 389 g/mol. The van der Waals surface area contributed by atoms with Gasteiger partial charge in [-0.15, -0.1) is 0 Å². The van der Waals surface area contributed by atoms with Crippen LogP contribution in [0.5, 0.6) is 0 Å². The van der Waals surface area contributed by atoms with Crippen molar-refractivity contribution in [2.45, 2.75) is 13.0 Å². The van der Waals surface area contributed by atoms with Crippen molar-refractivity contribution in [2.75, 3.05) is 10.7 Å². The van der Waals surface area contributed by atoms with Crippen LogP contribution in [-0.4, -0.2) is 22.9 Å². The summed E-state index contributed by atoms with van der Waals surface area (Å²) in [5.74, 6) is -2.12. The molecule has 0 unspecified atom stereocenters. The first kappa shape index (κ1) is 18.2. The van der Waals surface area contributed by atoms with E-state index in [1.807, 2.05) is 6.92 Å². The molecule has 3 rings (SSSR count). The Labute approximate surface area is 157 Å². The van der Waals surface area contributed by atoms with Gasteiger partial charge < -0.3 is 0 Å². The monoisotopic (exact) mass is 400 g/mol. The van der Waals surface area contributed by atoms with Gasteiger partial charge in [-0.3, -0.25) is 14.7 Å². The second-order valence-corrected chi connectivity index (χ2v) is 7.27. The molecule has 8 heteroatoms. The van der Waals surface area contributed by atoms with Crippen LogP contribution in [-0.2, 0) is 0 Å². The van der Waals surface area contributed by atoms with E-state index < -0.39 is 17.5 Å². The number of amidine groups is 1. The Balaban J connectivity index is 2.08. The third-order valence-electron chi connectivity index (χ3n) is 3.50. The molecule has 130 valence electrons. The minimum absolute atomic E-state index is 0.0445. The van der Waals surface area contributed by atoms with Crippen molar-refractivity contribution < 1.29 is 13.6 Å². The largest absolute Gasteiger partial charge is 0.268 e. The fourth-order valence-electron chi connectivity index (χ4n) is 2.29. The summed E-state index contributed by atoms with van der Waals surface area (Å²) in [6, 6.07) is 8.20. The van der Waals surface area contributed by atoms with E-state index >= 15 is 0 Å². The standard InChI is InChI=1S/C17H12Cl2F2N2OS/c1-9-8-25-17(22-9)23(11-4-2-10(18)3-5-11)16(24)12-6-14(20)15(21)7-13(12)19/h2-7,9H,8H2,1H3/t9-/m0/s1. The zero-order valence-electron chi connectivity index (χ0n) is 13.0. The molecule has 1 heterocycles. The summed E-state index contributed by atoms with van der Waals surface area (Å²) in [4.78, 5) is 18.8. The predicted molar refractivity (Wildman–Crippen MR) is 99.0 cm³/mol. The van der Waals surface area contributed by atoms with Crippen molar-refractivity contribution in [1.82, 2.24) is 0 Å². The maximum absolute atomic E-state index is 13.6. The molecule has 1 atom stereocenters. The topological polar surface area (TPSA) is 32.7 Å². The minimum Gasteiger partial charge on any atom is -0.268 e. The lowest BCUT2D eigenvalue weighted by molar-refractivity contribution is 0.100. The van der Waals surface area contributed by atoms with Crippen LogP contribution in [0.2, 0.25) is 10.0 Å². The number of rotatable bonds is 2. The van der Waals surface area contributed by atoms with E-state index in [9.17, 15) is 13.6 Å². The van der Waals surface area contributed by atoms with Crippen molar-refractivity contribution in [3.05, 3.63) is 63.6 Å². The Morgan fingerprint density at radius 2 is 1.84 bits per heavy atom. The van der Waals surface area contributed by atoms with Crippen LogP contribution in [0.15, 0.2) is 41.4 Å². The van der Waals surface area contributed by atoms with Gasteiger partial charge in [0.25, 0.3) is 5.91 Å². The van der Waals surface area contributed by atoms with Gasteiger partial charge in [-0.1, -0.05) is 35.0 Å². The Morgan fingerprint density at radius 3 is 2.44 bits per heavy atom. The third kappa shape index (κ3) is 3.81. The van der Waals surface area contributed by atoms with Crippen molar-refractivity contribution in [3.8, 4) is 0 Å². The van der Waals surface area contributed by atoms with Crippen LogP contribution in [0.3, 0.4) is 0 Å². The molecule has 1 aliphatic heterocycles. The Morgan fingerprint density at radius 1 is 1.20 bits per heavy atom. The first-order chi connectivity index (χ1) is 11.9. The molecular formula is C17H12Cl2F2N2OS. The zero-order valence-corrected chi connectivity index (χ0v) is 15.3. The van der Waals surface area contributed by atoms with Gasteiger partial charge in [-0.25, -0.2) is 8.78 Å². The van der Waals surface area contributed by atoms with Crippen molar-refractivity contribution in [3.63, 3.8) is 0 Å². The third-order valence-corrected chi connectivity index (χ3v) is 5.26. The lowest BCUT2D eigenvalue weighted by Crippen LogP contribution is -2.35. The van der Waals surface area contributed by atoms with Gasteiger partial charge >= 0.3 is 0 Å². The van der Waals surface area contributed by atoms with Gasteiger partial charge in [0.1, 0.15) is 0 Å². The molecule has 1 aliphatic rings. The van der Waals surface area contributed by atoms with Crippen molar-refractivity contribution in [2.24, 2.45) is 4.99 Å². The smallest absolute Gasteiger partial charge is 0.266 e. The number of halogens is 4. The van der Waals surface area contributed by atoms with Gasteiger partial charge in [-0.05, 0) is 43.3 Å². The van der Waals surface area contributed by atoms with Crippen LogP contribution in [0.25, 0.3) is 0 Å². The highest BCUT2D eigenvalue weighted by molar-refractivity contribution is 8.14. The average molecular weight is 401 g/mol. The lowest BCUT2D eigenvalue weighted by atomic mass is 10.1. The number of anilines is 1. The predicted octanol–water partition coefficient (Wildman–Crippen LogP) is 5.41. The van der Waals surface area contributed by atoms with E-state index in [0.29, 0.717) is 15.9 Å². The molecule has 0 spiro atoms. The van der Waals surface area contributed by atoms with Crippen LogP contribution in [0.1, 0.15) is 17.3 Å². The van der Waals surface area contributed by atoms with E-state index in [4.69, 9.17) is 23.2 Å². The van der Waals surface area contributed by atoms with E-state index in [1.165, 1.54) is 16.7 Å². The first-order valence-electron chi connectivity index (χ1n) is 7.32. The van der Waals surface area contributed by atoms with E-state index in [2.05, 4.69) is 4.99 Å². The molecule has 2 aromatic rings. The Bertz CT molecular complexity index is 858. The second kappa shape index (κ2) is 7.32. The molecule has 25 heavy (non-hydrogen) atoms. The maximum Gasteiger partial charge on any atom is 0.266 e. The molecule has 0 radical (unpaired) electrons. The number of amides is 1. The molecule has 0 aromatic heterocycles. The highest BCUT2D eigenvalue weighted by Crippen LogP contribution is 2.30. The molecule has 2 aromatic carbocycles. The molecule has 0 N–H and O–H groups in total. The Kier molecular flexibility index (Phi) is 5.32. The molecule has 0 fully saturated rings. The fourth-order valence-corrected chi connectivity index (χ4v) is 3.69. The second-order valence-electron chi connectivity index (χ2n) is 5.43. The number of nitrogens with zero attached hydrogens (tertiary/aromatic N) is 2. The van der Waals surface area contributed by atoms with Crippen molar-refractivity contribution in [1.29, 1.82) is 0 Å². The van der Waals surface area contributed by atoms with Crippen molar-refractivity contribution >= 4 is 51.7 Å². The van der Waals surface area contributed by atoms with E-state index in [-0.39, 0.29) is 16.6 Å². The normalized spacial score (nSPS) is 16.7. The average Bonchev–Trinajstić information content (AvgIpc) is 2.99. The lowest BCUT2D eigenvalue weighted by Gasteiger charge is -2.22. The highest BCUT2D eigenvalue weighted by atomic mass is 35.5. The molecule has 0 saturated heterocycles. The number of benzene rings is 2. The highest BCUT2D eigenvalue weighted by Gasteiger charge is 2.29. The zero-order chi connectivity index (χ0) is 18.1. The molecule has 3 nitrogen and oxygen atoms in total. The van der Waals surface area contributed by atoms with Gasteiger partial charge in [-0.2, -0.15) is 0 Å². The molecule has 1 amide bonds. The van der Waals surface area contributed by atoms with Crippen LogP contribution in [0.4, 0.5) is 14.5 Å². The Hall–Kier alpha value is -1.63. The van der Waals surface area contributed by atoms with Gasteiger partial charge in [0, 0.05) is 10.8 Å². The van der Waals surface area contributed by atoms with Crippen LogP contribution < -0.4 is 4.90 Å². The summed E-state index contributed by atoms with van der Waals surface area (Å²) < 4.78 is 26.9. The minimum atomic E-state index is -1.14. The number of carbonyl (C=O) groups excluding carboxylic acids is 1. The molecule has 0 saturated carbocycles. The van der Waals surface area contributed by atoms with Gasteiger partial charge in [0.15, 0.2) is 16.8 Å². The summed E-state index contributed by atoms with van der Waals surface area (Å²) in [5.41, 5.74) is 0.369. The number of hydrogen-bond donors (Lipinski definition) is 0. The summed E-state index contributed by atoms with van der Waals surface area (Å²) in [6.07, 6.45) is 0. The first-order valence-corrected chi connectivity index (χ1v) is 9.06. The summed E-state index contributed by atoms with van der Waals surface area (Å²) >= 11 is 13.3. The summed E-state index contributed by atoms with van der Waals surface area (Å²) in [6.45, 7) is 1.93. The SMILES string of the molecule is C[C@H]1CSC(N(C(=O)c2cc(F)c(F)cc2Cl)c2ccc(Cl)cc2)=N1. The molecule has 0 bridgehead atoms. The quantitative estimate of drug-likeness (QED) is 0.631. The maximum atomic E-state index is 13.6. The number of carbonyl (C=O) groups is 1. The van der Waals surface area contributed by atoms with Crippen LogP contribution >= 0.6 is 35.0 Å². The number of thioether (sulfide) groups is 1. The van der Waals surface area contributed by atoms with E-state index in [0.717, 1.165) is 17.9 Å². The van der Waals surface area contributed by atoms with E-state index in [1.54, 1.807) is 24.3 Å². The summed E-state index contributed by atoms with van der Waals surface area (Å²) in [5, 5.41) is 0.816. The number of hydrogen-bond acceptors (Lipinski definition) is 3. The summed E-state index contributed by atoms with van der Waals surface area (Å²) in [7, 11) is 0. The van der Waals surface area contributed by atoms with Crippen LogP contribution in [0, 0.1) is 11.6 Å². The molecule has 0 aliphatic carbocycles. The van der Waals surface area contributed by atoms with Gasteiger partial charge in [0.2, 0.25) is 0 Å².